The zero-order valence-corrected chi connectivity index (χ0v) is 15.8. The monoisotopic (exact) mass is 370 g/mol. The minimum atomic E-state index is -0.835. The van der Waals surface area contributed by atoms with E-state index in [1.807, 2.05) is 30.3 Å². The largest absolute Gasteiger partial charge is 0.497 e. The first-order chi connectivity index (χ1) is 13.0. The number of rotatable bonds is 7. The number of aliphatic hydroxyl groups is 1. The van der Waals surface area contributed by atoms with Crippen LogP contribution in [0.4, 0.5) is 5.69 Å². The second-order valence-electron chi connectivity index (χ2n) is 6.82. The molecule has 144 valence electrons. The molecule has 2 N–H and O–H groups in total. The summed E-state index contributed by atoms with van der Waals surface area (Å²) < 4.78 is 10.4. The highest BCUT2D eigenvalue weighted by atomic mass is 16.5. The van der Waals surface area contributed by atoms with Gasteiger partial charge in [-0.1, -0.05) is 30.3 Å². The number of β-amino-alcohol motifs (C(OH)–C–C–N with tert-alkyl or cyclic N) is 1. The molecule has 0 spiro atoms. The normalized spacial score (nSPS) is 19.7. The number of ether oxygens (including phenoxy) is 2. The number of carbonyl (C=O) groups excluding carboxylic acids is 1. The third-order valence-corrected chi connectivity index (χ3v) is 4.93. The molecular formula is C21H26N2O4. The summed E-state index contributed by atoms with van der Waals surface area (Å²) in [6, 6.07) is 15.0. The zero-order valence-electron chi connectivity index (χ0n) is 15.8. The van der Waals surface area contributed by atoms with E-state index in [2.05, 4.69) is 10.2 Å². The lowest BCUT2D eigenvalue weighted by molar-refractivity contribution is -0.116. The Bertz CT molecular complexity index is 759. The van der Waals surface area contributed by atoms with Crippen LogP contribution in [0.2, 0.25) is 0 Å². The summed E-state index contributed by atoms with van der Waals surface area (Å²) in [5.74, 6) is 1.16. The van der Waals surface area contributed by atoms with Gasteiger partial charge in [-0.2, -0.15) is 0 Å². The average Bonchev–Trinajstić information content (AvgIpc) is 3.09. The van der Waals surface area contributed by atoms with E-state index >= 15 is 0 Å². The molecule has 1 unspecified atom stereocenters. The Morgan fingerprint density at radius 3 is 2.44 bits per heavy atom. The van der Waals surface area contributed by atoms with Crippen LogP contribution in [0.25, 0.3) is 0 Å². The van der Waals surface area contributed by atoms with Gasteiger partial charge in [0.05, 0.1) is 14.2 Å². The molecule has 6 nitrogen and oxygen atoms in total. The Labute approximate surface area is 159 Å². The van der Waals surface area contributed by atoms with E-state index in [4.69, 9.17) is 9.47 Å². The van der Waals surface area contributed by atoms with Gasteiger partial charge in [0.1, 0.15) is 17.1 Å². The number of hydrogen-bond acceptors (Lipinski definition) is 5. The maximum absolute atomic E-state index is 12.3. The lowest BCUT2D eigenvalue weighted by atomic mass is 9.93. The van der Waals surface area contributed by atoms with Crippen LogP contribution in [0.3, 0.4) is 0 Å². The number of carbonyl (C=O) groups is 1. The van der Waals surface area contributed by atoms with Crippen LogP contribution in [0, 0.1) is 0 Å². The molecule has 0 aromatic heterocycles. The molecule has 2 aromatic carbocycles. The fourth-order valence-corrected chi connectivity index (χ4v) is 3.41. The van der Waals surface area contributed by atoms with Gasteiger partial charge in [-0.15, -0.1) is 0 Å². The summed E-state index contributed by atoms with van der Waals surface area (Å²) in [7, 11) is 3.14. The van der Waals surface area contributed by atoms with Gasteiger partial charge in [0.2, 0.25) is 5.91 Å². The number of benzene rings is 2. The average molecular weight is 370 g/mol. The van der Waals surface area contributed by atoms with E-state index in [-0.39, 0.29) is 5.91 Å². The number of likely N-dealkylation sites (tertiary alicyclic amines) is 1. The van der Waals surface area contributed by atoms with Crippen molar-refractivity contribution in [2.45, 2.75) is 18.4 Å². The molecule has 0 aliphatic carbocycles. The molecule has 3 rings (SSSR count). The molecule has 0 radical (unpaired) electrons. The fourth-order valence-electron chi connectivity index (χ4n) is 3.41. The smallest absolute Gasteiger partial charge is 0.225 e. The van der Waals surface area contributed by atoms with E-state index in [1.165, 1.54) is 0 Å². The fraction of sp³-hybridized carbons (Fsp3) is 0.381. The first-order valence-electron chi connectivity index (χ1n) is 9.05. The highest BCUT2D eigenvalue weighted by Gasteiger charge is 2.37. The quantitative estimate of drug-likeness (QED) is 0.784. The molecule has 0 saturated carbocycles. The SMILES string of the molecule is COc1cc(NC(=O)CCN2CCC(O)(c3ccccc3)C2)cc(OC)c1. The van der Waals surface area contributed by atoms with Gasteiger partial charge in [-0.3, -0.25) is 9.69 Å². The number of methoxy groups -OCH3 is 2. The van der Waals surface area contributed by atoms with E-state index < -0.39 is 5.60 Å². The molecule has 27 heavy (non-hydrogen) atoms. The molecule has 1 fully saturated rings. The van der Waals surface area contributed by atoms with Crippen LogP contribution in [0.1, 0.15) is 18.4 Å². The van der Waals surface area contributed by atoms with Crippen molar-refractivity contribution >= 4 is 11.6 Å². The van der Waals surface area contributed by atoms with Crippen molar-refractivity contribution in [2.75, 3.05) is 39.2 Å². The zero-order chi connectivity index (χ0) is 19.3. The third-order valence-electron chi connectivity index (χ3n) is 4.93. The highest BCUT2D eigenvalue weighted by Crippen LogP contribution is 2.31. The number of nitrogens with zero attached hydrogens (tertiary/aromatic N) is 1. The number of nitrogens with one attached hydrogen (secondary N) is 1. The predicted molar refractivity (Wildman–Crippen MR) is 104 cm³/mol. The molecule has 6 heteroatoms. The van der Waals surface area contributed by atoms with Crippen LogP contribution in [0.15, 0.2) is 48.5 Å². The van der Waals surface area contributed by atoms with Gasteiger partial charge in [-0.25, -0.2) is 0 Å². The number of hydrogen-bond donors (Lipinski definition) is 2. The summed E-state index contributed by atoms with van der Waals surface area (Å²) in [5, 5.41) is 13.8. The summed E-state index contributed by atoms with van der Waals surface area (Å²) in [4.78, 5) is 14.4. The molecule has 1 saturated heterocycles. The summed E-state index contributed by atoms with van der Waals surface area (Å²) in [5.41, 5.74) is 0.733. The molecular weight excluding hydrogens is 344 g/mol. The summed E-state index contributed by atoms with van der Waals surface area (Å²) >= 11 is 0. The van der Waals surface area contributed by atoms with E-state index in [0.717, 1.165) is 12.1 Å². The summed E-state index contributed by atoms with van der Waals surface area (Å²) in [6.07, 6.45) is 1.02. The molecule has 1 aliphatic heterocycles. The Hall–Kier alpha value is -2.57. The molecule has 1 amide bonds. The minimum absolute atomic E-state index is 0.0829. The lowest BCUT2D eigenvalue weighted by Crippen LogP contribution is -2.32. The van der Waals surface area contributed by atoms with E-state index in [1.54, 1.807) is 32.4 Å². The van der Waals surface area contributed by atoms with Gasteiger partial charge in [0, 0.05) is 49.9 Å². The second-order valence-corrected chi connectivity index (χ2v) is 6.82. The first kappa shape index (κ1) is 19.2. The Morgan fingerprint density at radius 1 is 1.15 bits per heavy atom. The topological polar surface area (TPSA) is 71.0 Å². The van der Waals surface area contributed by atoms with Crippen molar-refractivity contribution in [3.63, 3.8) is 0 Å². The molecule has 0 bridgehead atoms. The number of amides is 1. The molecule has 1 heterocycles. The standard InChI is InChI=1S/C21H26N2O4/c1-26-18-12-17(13-19(14-18)27-2)22-20(24)8-10-23-11-9-21(25,15-23)16-6-4-3-5-7-16/h3-7,12-14,25H,8-11,15H2,1-2H3,(H,22,24). The highest BCUT2D eigenvalue weighted by molar-refractivity contribution is 5.91. The Balaban J connectivity index is 1.53. The van der Waals surface area contributed by atoms with Gasteiger partial charge in [0.15, 0.2) is 0 Å². The summed E-state index contributed by atoms with van der Waals surface area (Å²) in [6.45, 7) is 1.91. The number of anilines is 1. The molecule has 1 atom stereocenters. The van der Waals surface area contributed by atoms with Gasteiger partial charge in [0.25, 0.3) is 0 Å². The maximum atomic E-state index is 12.3. The van der Waals surface area contributed by atoms with Crippen LogP contribution in [-0.2, 0) is 10.4 Å². The third kappa shape index (κ3) is 4.78. The first-order valence-corrected chi connectivity index (χ1v) is 9.05. The predicted octanol–water partition coefficient (Wildman–Crippen LogP) is 2.63. The van der Waals surface area contributed by atoms with Crippen molar-refractivity contribution in [1.29, 1.82) is 0 Å². The van der Waals surface area contributed by atoms with E-state index in [0.29, 0.717) is 43.1 Å². The van der Waals surface area contributed by atoms with Gasteiger partial charge >= 0.3 is 0 Å². The molecule has 2 aromatic rings. The Kier molecular flexibility index (Phi) is 5.98. The van der Waals surface area contributed by atoms with Crippen molar-refractivity contribution in [3.05, 3.63) is 54.1 Å². The minimum Gasteiger partial charge on any atom is -0.497 e. The molecule has 1 aliphatic rings. The maximum Gasteiger partial charge on any atom is 0.225 e. The van der Waals surface area contributed by atoms with Crippen LogP contribution in [-0.4, -0.2) is 49.8 Å². The van der Waals surface area contributed by atoms with Crippen molar-refractivity contribution in [2.24, 2.45) is 0 Å². The van der Waals surface area contributed by atoms with Gasteiger partial charge in [-0.05, 0) is 12.0 Å². The van der Waals surface area contributed by atoms with Crippen LogP contribution in [0.5, 0.6) is 11.5 Å². The van der Waals surface area contributed by atoms with Crippen molar-refractivity contribution < 1.29 is 19.4 Å². The van der Waals surface area contributed by atoms with E-state index in [9.17, 15) is 9.90 Å². The second kappa shape index (κ2) is 8.41. The lowest BCUT2D eigenvalue weighted by Gasteiger charge is -2.24. The van der Waals surface area contributed by atoms with Gasteiger partial charge < -0.3 is 19.9 Å². The van der Waals surface area contributed by atoms with Crippen LogP contribution >= 0.6 is 0 Å². The van der Waals surface area contributed by atoms with Crippen LogP contribution < -0.4 is 14.8 Å². The Morgan fingerprint density at radius 2 is 1.81 bits per heavy atom. The van der Waals surface area contributed by atoms with Crippen molar-refractivity contribution in [1.82, 2.24) is 4.90 Å². The van der Waals surface area contributed by atoms with Crippen molar-refractivity contribution in [3.8, 4) is 11.5 Å².